The lowest BCUT2D eigenvalue weighted by atomic mass is 10.3. The fraction of sp³-hybridized carbons (Fsp3) is 0. The molecule has 0 unspecified atom stereocenters. The van der Waals surface area contributed by atoms with E-state index in [1.807, 2.05) is 0 Å². The molecule has 0 radical (unpaired) electrons. The minimum Gasteiger partial charge on any atom is -0.258 e. The number of hydrogen-bond acceptors (Lipinski definition) is 2. The summed E-state index contributed by atoms with van der Waals surface area (Å²) in [5.41, 5.74) is -0.870. The highest BCUT2D eigenvalue weighted by Gasteiger charge is 2.16. The minimum absolute atomic E-state index is 0.127. The average molecular weight is 201 g/mol. The largest absolute Gasteiger partial charge is 0.294 e. The van der Waals surface area contributed by atoms with Gasteiger partial charge in [-0.2, -0.15) is 4.39 Å². The van der Waals surface area contributed by atoms with Crippen LogP contribution in [-0.4, -0.2) is 4.92 Å². The van der Waals surface area contributed by atoms with Gasteiger partial charge in [-0.1, -0.05) is 11.6 Å². The van der Waals surface area contributed by atoms with Gasteiger partial charge in [0.2, 0.25) is 5.69 Å². The average Bonchev–Trinajstić information content (AvgIpc) is 2.03. The van der Waals surface area contributed by atoms with Gasteiger partial charge in [0.25, 0.3) is 5.69 Å². The van der Waals surface area contributed by atoms with Gasteiger partial charge < -0.3 is 0 Å². The second-order valence-corrected chi connectivity index (χ2v) is 2.53. The van der Waals surface area contributed by atoms with E-state index in [0.717, 1.165) is 12.1 Å². The predicted molar refractivity (Wildman–Crippen MR) is 44.3 cm³/mol. The molecule has 0 aromatic heterocycles. The van der Waals surface area contributed by atoms with E-state index in [4.69, 9.17) is 18.2 Å². The Labute approximate surface area is 77.5 Å². The number of hydrogen-bond donors (Lipinski definition) is 0. The molecule has 6 heteroatoms. The van der Waals surface area contributed by atoms with Crippen molar-refractivity contribution in [3.8, 4) is 0 Å². The fourth-order valence-corrected chi connectivity index (χ4v) is 0.945. The van der Waals surface area contributed by atoms with Crippen molar-refractivity contribution in [2.24, 2.45) is 0 Å². The van der Waals surface area contributed by atoms with Gasteiger partial charge in [-0.05, 0) is 6.07 Å². The molecule has 0 N–H and O–H groups in total. The van der Waals surface area contributed by atoms with Crippen LogP contribution in [0.2, 0.25) is 5.02 Å². The van der Waals surface area contributed by atoms with Crippen LogP contribution >= 0.6 is 11.6 Å². The molecule has 0 aliphatic carbocycles. The Balaban J connectivity index is 3.41. The molecule has 0 fully saturated rings. The molecule has 0 spiro atoms. The maximum Gasteiger partial charge on any atom is 0.294 e. The monoisotopic (exact) mass is 200 g/mol. The van der Waals surface area contributed by atoms with Crippen molar-refractivity contribution in [1.29, 1.82) is 0 Å². The van der Waals surface area contributed by atoms with Crippen LogP contribution in [0.4, 0.5) is 15.8 Å². The number of nitro benzene ring substituents is 1. The summed E-state index contributed by atoms with van der Waals surface area (Å²) >= 11 is 5.43. The molecule has 1 aromatic carbocycles. The maximum absolute atomic E-state index is 12.8. The van der Waals surface area contributed by atoms with Crippen molar-refractivity contribution < 1.29 is 9.31 Å². The van der Waals surface area contributed by atoms with Crippen LogP contribution in [0.25, 0.3) is 4.85 Å². The summed E-state index contributed by atoms with van der Waals surface area (Å²) in [7, 11) is 0. The zero-order chi connectivity index (χ0) is 10.0. The van der Waals surface area contributed by atoms with Gasteiger partial charge in [0.15, 0.2) is 5.82 Å². The Hall–Kier alpha value is -1.67. The first-order valence-corrected chi connectivity index (χ1v) is 3.45. The number of rotatable bonds is 1. The Morgan fingerprint density at radius 1 is 1.62 bits per heavy atom. The normalized spacial score (nSPS) is 9.31. The highest BCUT2D eigenvalue weighted by molar-refractivity contribution is 6.33. The van der Waals surface area contributed by atoms with Crippen LogP contribution in [0, 0.1) is 22.5 Å². The lowest BCUT2D eigenvalue weighted by molar-refractivity contribution is -0.387. The first kappa shape index (κ1) is 9.42. The molecule has 4 nitrogen and oxygen atoms in total. The second kappa shape index (κ2) is 3.37. The van der Waals surface area contributed by atoms with E-state index in [1.165, 1.54) is 0 Å². The Morgan fingerprint density at radius 3 is 2.69 bits per heavy atom. The topological polar surface area (TPSA) is 47.5 Å². The standard InChI is InChI=1S/C7H2ClFN2O2/c1-10-6-3-7(11(12)13)5(9)2-4(6)8/h2-3H. The summed E-state index contributed by atoms with van der Waals surface area (Å²) in [5, 5.41) is 10.1. The summed E-state index contributed by atoms with van der Waals surface area (Å²) in [6.07, 6.45) is 0. The van der Waals surface area contributed by atoms with Gasteiger partial charge in [0, 0.05) is 6.07 Å². The van der Waals surface area contributed by atoms with Crippen molar-refractivity contribution >= 4 is 23.0 Å². The highest BCUT2D eigenvalue weighted by atomic mass is 35.5. The van der Waals surface area contributed by atoms with Crippen molar-refractivity contribution in [2.45, 2.75) is 0 Å². The van der Waals surface area contributed by atoms with E-state index in [0.29, 0.717) is 0 Å². The van der Waals surface area contributed by atoms with Gasteiger partial charge in [-0.25, -0.2) is 4.85 Å². The molecule has 13 heavy (non-hydrogen) atoms. The van der Waals surface area contributed by atoms with Crippen molar-refractivity contribution in [3.63, 3.8) is 0 Å². The summed E-state index contributed by atoms with van der Waals surface area (Å²) in [6.45, 7) is 6.59. The first-order chi connectivity index (χ1) is 6.06. The van der Waals surface area contributed by atoms with E-state index in [-0.39, 0.29) is 10.7 Å². The molecule has 0 saturated heterocycles. The summed E-state index contributed by atoms with van der Waals surface area (Å²) < 4.78 is 12.8. The quantitative estimate of drug-likeness (QED) is 0.398. The van der Waals surface area contributed by atoms with Gasteiger partial charge in [0.1, 0.15) is 0 Å². The highest BCUT2D eigenvalue weighted by Crippen LogP contribution is 2.31. The molecular formula is C7H2ClFN2O2. The van der Waals surface area contributed by atoms with Crippen LogP contribution in [0.3, 0.4) is 0 Å². The zero-order valence-electron chi connectivity index (χ0n) is 6.12. The third kappa shape index (κ3) is 1.73. The van der Waals surface area contributed by atoms with E-state index in [2.05, 4.69) is 4.85 Å². The molecule has 0 atom stereocenters. The molecule has 0 saturated carbocycles. The first-order valence-electron chi connectivity index (χ1n) is 3.07. The van der Waals surface area contributed by atoms with Gasteiger partial charge in [-0.15, -0.1) is 0 Å². The smallest absolute Gasteiger partial charge is 0.258 e. The minimum atomic E-state index is -1.04. The molecule has 1 aromatic rings. The third-order valence-corrected chi connectivity index (χ3v) is 1.64. The second-order valence-electron chi connectivity index (χ2n) is 2.12. The fourth-order valence-electron chi connectivity index (χ4n) is 0.752. The lowest BCUT2D eigenvalue weighted by Crippen LogP contribution is -1.91. The maximum atomic E-state index is 12.8. The summed E-state index contributed by atoms with van der Waals surface area (Å²) in [4.78, 5) is 12.2. The molecule has 0 aliphatic heterocycles. The van der Waals surface area contributed by atoms with E-state index < -0.39 is 16.4 Å². The Morgan fingerprint density at radius 2 is 2.23 bits per heavy atom. The summed E-state index contributed by atoms with van der Waals surface area (Å²) in [5.74, 6) is -1.04. The van der Waals surface area contributed by atoms with Gasteiger partial charge in [-0.3, -0.25) is 10.1 Å². The number of nitro groups is 1. The number of benzene rings is 1. The van der Waals surface area contributed by atoms with Crippen molar-refractivity contribution in [2.75, 3.05) is 0 Å². The van der Waals surface area contributed by atoms with Gasteiger partial charge >= 0.3 is 0 Å². The van der Waals surface area contributed by atoms with Crippen molar-refractivity contribution in [3.05, 3.63) is 44.5 Å². The van der Waals surface area contributed by atoms with E-state index in [9.17, 15) is 14.5 Å². The van der Waals surface area contributed by atoms with Gasteiger partial charge in [0.05, 0.1) is 16.5 Å². The molecule has 1 rings (SSSR count). The molecule has 0 bridgehead atoms. The van der Waals surface area contributed by atoms with E-state index >= 15 is 0 Å². The van der Waals surface area contributed by atoms with Crippen molar-refractivity contribution in [1.82, 2.24) is 0 Å². The third-order valence-electron chi connectivity index (χ3n) is 1.33. The van der Waals surface area contributed by atoms with E-state index in [1.54, 1.807) is 0 Å². The molecule has 0 heterocycles. The molecule has 0 amide bonds. The number of nitrogens with zero attached hydrogens (tertiary/aromatic N) is 2. The molecular weight excluding hydrogens is 199 g/mol. The van der Waals surface area contributed by atoms with Crippen LogP contribution in [0.15, 0.2) is 12.1 Å². The predicted octanol–water partition coefficient (Wildman–Crippen LogP) is 2.94. The Bertz CT molecular complexity index is 414. The Kier molecular flexibility index (Phi) is 2.44. The molecule has 0 aliphatic rings. The van der Waals surface area contributed by atoms with Crippen LogP contribution in [0.1, 0.15) is 0 Å². The SMILES string of the molecule is [C-]#[N+]c1cc([N+](=O)[O-])c(F)cc1Cl. The summed E-state index contributed by atoms with van der Waals surface area (Å²) in [6, 6.07) is 1.57. The zero-order valence-corrected chi connectivity index (χ0v) is 6.88. The van der Waals surface area contributed by atoms with Crippen LogP contribution < -0.4 is 0 Å². The number of halogens is 2. The van der Waals surface area contributed by atoms with Crippen LogP contribution in [0.5, 0.6) is 0 Å². The van der Waals surface area contributed by atoms with Crippen LogP contribution in [-0.2, 0) is 0 Å². The molecule has 66 valence electrons. The lowest BCUT2D eigenvalue weighted by Gasteiger charge is -1.96.